The second-order valence-electron chi connectivity index (χ2n) is 3.98. The predicted octanol–water partition coefficient (Wildman–Crippen LogP) is 2.46. The van der Waals surface area contributed by atoms with Crippen molar-refractivity contribution in [2.24, 2.45) is 0 Å². The standard InChI is InChI=1S/C12H20O3/c1-4-5-6-7-10-11(12(13)14-3)9(2)8-15-10/h10H,4-8H2,1-3H3/t10-/m0/s1. The molecule has 1 aliphatic rings. The fourth-order valence-electron chi connectivity index (χ4n) is 1.88. The summed E-state index contributed by atoms with van der Waals surface area (Å²) in [6.07, 6.45) is 4.37. The van der Waals surface area contributed by atoms with E-state index in [0.717, 1.165) is 24.0 Å². The molecule has 0 unspecified atom stereocenters. The number of ether oxygens (including phenoxy) is 2. The van der Waals surface area contributed by atoms with E-state index in [-0.39, 0.29) is 12.1 Å². The SMILES string of the molecule is CCCCC[C@@H]1OCC(C)=C1C(=O)OC. The van der Waals surface area contributed by atoms with Gasteiger partial charge in [0.15, 0.2) is 0 Å². The van der Waals surface area contributed by atoms with Gasteiger partial charge >= 0.3 is 5.97 Å². The Labute approximate surface area is 91.4 Å². The monoisotopic (exact) mass is 212 g/mol. The predicted molar refractivity (Wildman–Crippen MR) is 58.6 cm³/mol. The van der Waals surface area contributed by atoms with Crippen LogP contribution < -0.4 is 0 Å². The van der Waals surface area contributed by atoms with Gasteiger partial charge in [0, 0.05) is 0 Å². The Hall–Kier alpha value is -0.830. The number of carbonyl (C=O) groups excluding carboxylic acids is 1. The largest absolute Gasteiger partial charge is 0.466 e. The van der Waals surface area contributed by atoms with Crippen LogP contribution in [0.1, 0.15) is 39.5 Å². The molecule has 3 heteroatoms. The van der Waals surface area contributed by atoms with Gasteiger partial charge in [-0.15, -0.1) is 0 Å². The molecule has 1 atom stereocenters. The van der Waals surface area contributed by atoms with Crippen LogP contribution in [0.25, 0.3) is 0 Å². The van der Waals surface area contributed by atoms with Crippen LogP contribution in [-0.4, -0.2) is 25.8 Å². The van der Waals surface area contributed by atoms with Gasteiger partial charge in [0.1, 0.15) is 0 Å². The van der Waals surface area contributed by atoms with Crippen molar-refractivity contribution in [1.82, 2.24) is 0 Å². The lowest BCUT2D eigenvalue weighted by atomic mass is 10.0. The molecule has 0 amide bonds. The van der Waals surface area contributed by atoms with Gasteiger partial charge in [0.05, 0.1) is 25.4 Å². The van der Waals surface area contributed by atoms with Gasteiger partial charge in [-0.2, -0.15) is 0 Å². The molecule has 0 radical (unpaired) electrons. The summed E-state index contributed by atoms with van der Waals surface area (Å²) >= 11 is 0. The number of methoxy groups -OCH3 is 1. The average Bonchev–Trinajstić information content (AvgIpc) is 2.59. The van der Waals surface area contributed by atoms with Crippen LogP contribution in [0.5, 0.6) is 0 Å². The molecule has 0 saturated heterocycles. The van der Waals surface area contributed by atoms with Crippen LogP contribution in [0.4, 0.5) is 0 Å². The summed E-state index contributed by atoms with van der Waals surface area (Å²) in [6.45, 7) is 4.67. The molecule has 86 valence electrons. The fourth-order valence-corrected chi connectivity index (χ4v) is 1.88. The first-order valence-corrected chi connectivity index (χ1v) is 5.60. The Morgan fingerprint density at radius 2 is 2.27 bits per heavy atom. The third-order valence-electron chi connectivity index (χ3n) is 2.76. The summed E-state index contributed by atoms with van der Waals surface area (Å²) in [5, 5.41) is 0. The third kappa shape index (κ3) is 3.06. The van der Waals surface area contributed by atoms with Crippen molar-refractivity contribution in [2.75, 3.05) is 13.7 Å². The molecular weight excluding hydrogens is 192 g/mol. The molecule has 3 nitrogen and oxygen atoms in total. The van der Waals surface area contributed by atoms with Gasteiger partial charge in [-0.25, -0.2) is 4.79 Å². The lowest BCUT2D eigenvalue weighted by molar-refractivity contribution is -0.137. The van der Waals surface area contributed by atoms with Crippen molar-refractivity contribution in [1.29, 1.82) is 0 Å². The third-order valence-corrected chi connectivity index (χ3v) is 2.76. The van der Waals surface area contributed by atoms with Crippen molar-refractivity contribution in [3.8, 4) is 0 Å². The summed E-state index contributed by atoms with van der Waals surface area (Å²) in [7, 11) is 1.42. The Bertz CT molecular complexity index is 256. The zero-order valence-corrected chi connectivity index (χ0v) is 9.84. The van der Waals surface area contributed by atoms with E-state index >= 15 is 0 Å². The van der Waals surface area contributed by atoms with E-state index in [1.807, 2.05) is 6.92 Å². The van der Waals surface area contributed by atoms with Crippen LogP contribution in [0.15, 0.2) is 11.1 Å². The summed E-state index contributed by atoms with van der Waals surface area (Å²) in [4.78, 5) is 11.5. The minimum Gasteiger partial charge on any atom is -0.466 e. The highest BCUT2D eigenvalue weighted by Crippen LogP contribution is 2.26. The maximum atomic E-state index is 11.5. The van der Waals surface area contributed by atoms with E-state index in [1.165, 1.54) is 20.0 Å². The summed E-state index contributed by atoms with van der Waals surface area (Å²) in [5.74, 6) is -0.230. The van der Waals surface area contributed by atoms with E-state index in [0.29, 0.717) is 6.61 Å². The molecule has 0 saturated carbocycles. The van der Waals surface area contributed by atoms with Crippen molar-refractivity contribution < 1.29 is 14.3 Å². The maximum absolute atomic E-state index is 11.5. The number of carbonyl (C=O) groups is 1. The zero-order valence-electron chi connectivity index (χ0n) is 9.84. The smallest absolute Gasteiger partial charge is 0.336 e. The van der Waals surface area contributed by atoms with Gasteiger partial charge < -0.3 is 9.47 Å². The lowest BCUT2D eigenvalue weighted by Crippen LogP contribution is -2.18. The Balaban J connectivity index is 2.55. The van der Waals surface area contributed by atoms with Gasteiger partial charge in [-0.1, -0.05) is 26.2 Å². The molecule has 0 bridgehead atoms. The molecule has 0 aromatic heterocycles. The second kappa shape index (κ2) is 5.91. The Kier molecular flexibility index (Phi) is 4.82. The average molecular weight is 212 g/mol. The number of rotatable bonds is 5. The number of hydrogen-bond donors (Lipinski definition) is 0. The Morgan fingerprint density at radius 1 is 1.53 bits per heavy atom. The highest BCUT2D eigenvalue weighted by molar-refractivity contribution is 5.90. The summed E-state index contributed by atoms with van der Waals surface area (Å²) < 4.78 is 10.3. The van der Waals surface area contributed by atoms with E-state index < -0.39 is 0 Å². The van der Waals surface area contributed by atoms with Gasteiger partial charge in [0.2, 0.25) is 0 Å². The van der Waals surface area contributed by atoms with Crippen LogP contribution in [-0.2, 0) is 14.3 Å². The zero-order chi connectivity index (χ0) is 11.3. The molecule has 0 N–H and O–H groups in total. The van der Waals surface area contributed by atoms with Crippen molar-refractivity contribution >= 4 is 5.97 Å². The van der Waals surface area contributed by atoms with Crippen molar-refractivity contribution in [2.45, 2.75) is 45.6 Å². The molecule has 0 aliphatic carbocycles. The van der Waals surface area contributed by atoms with Gasteiger partial charge in [-0.3, -0.25) is 0 Å². The fraction of sp³-hybridized carbons (Fsp3) is 0.750. The van der Waals surface area contributed by atoms with Crippen LogP contribution >= 0.6 is 0 Å². The number of unbranched alkanes of at least 4 members (excludes halogenated alkanes) is 2. The van der Waals surface area contributed by atoms with Crippen molar-refractivity contribution in [3.05, 3.63) is 11.1 Å². The normalized spacial score (nSPS) is 20.9. The minimum absolute atomic E-state index is 0.0380. The topological polar surface area (TPSA) is 35.5 Å². The molecular formula is C12H20O3. The first-order chi connectivity index (χ1) is 7.20. The van der Waals surface area contributed by atoms with E-state index in [2.05, 4.69) is 6.92 Å². The van der Waals surface area contributed by atoms with Crippen LogP contribution in [0, 0.1) is 0 Å². The first kappa shape index (κ1) is 12.2. The van der Waals surface area contributed by atoms with E-state index in [1.54, 1.807) is 0 Å². The Morgan fingerprint density at radius 3 is 2.87 bits per heavy atom. The van der Waals surface area contributed by atoms with Gasteiger partial charge in [0.25, 0.3) is 0 Å². The highest BCUT2D eigenvalue weighted by Gasteiger charge is 2.29. The van der Waals surface area contributed by atoms with Gasteiger partial charge in [-0.05, 0) is 18.9 Å². The molecule has 0 fully saturated rings. The minimum atomic E-state index is -0.230. The van der Waals surface area contributed by atoms with E-state index in [9.17, 15) is 4.79 Å². The highest BCUT2D eigenvalue weighted by atomic mass is 16.5. The van der Waals surface area contributed by atoms with E-state index in [4.69, 9.17) is 9.47 Å². The molecule has 0 aromatic carbocycles. The molecule has 15 heavy (non-hydrogen) atoms. The van der Waals surface area contributed by atoms with Crippen LogP contribution in [0.3, 0.4) is 0 Å². The summed E-state index contributed by atoms with van der Waals surface area (Å²) in [5.41, 5.74) is 1.76. The maximum Gasteiger partial charge on any atom is 0.336 e. The molecule has 1 heterocycles. The quantitative estimate of drug-likeness (QED) is 0.518. The molecule has 1 aliphatic heterocycles. The molecule has 0 spiro atoms. The molecule has 1 rings (SSSR count). The number of esters is 1. The molecule has 0 aromatic rings. The van der Waals surface area contributed by atoms with Crippen LogP contribution in [0.2, 0.25) is 0 Å². The number of hydrogen-bond acceptors (Lipinski definition) is 3. The summed E-state index contributed by atoms with van der Waals surface area (Å²) in [6, 6.07) is 0. The second-order valence-corrected chi connectivity index (χ2v) is 3.98. The lowest BCUT2D eigenvalue weighted by Gasteiger charge is -2.12. The van der Waals surface area contributed by atoms with Crippen molar-refractivity contribution in [3.63, 3.8) is 0 Å². The first-order valence-electron chi connectivity index (χ1n) is 5.60.